The van der Waals surface area contributed by atoms with Gasteiger partial charge >= 0.3 is 6.09 Å². The molecule has 0 atom stereocenters. The minimum atomic E-state index is -0.228. The number of hydrogen-bond donors (Lipinski definition) is 0. The van der Waals surface area contributed by atoms with Crippen LogP contribution < -0.4 is 4.90 Å². The molecule has 104 valence electrons. The molecule has 0 saturated carbocycles. The van der Waals surface area contributed by atoms with E-state index in [2.05, 4.69) is 22.0 Å². The number of hydrogen-bond acceptors (Lipinski definition) is 5. The summed E-state index contributed by atoms with van der Waals surface area (Å²) in [6.45, 7) is 9.16. The third kappa shape index (κ3) is 2.94. The van der Waals surface area contributed by atoms with E-state index >= 15 is 0 Å². The maximum Gasteiger partial charge on any atom is 0.409 e. The van der Waals surface area contributed by atoms with E-state index < -0.39 is 0 Å². The number of nitrogens with zero attached hydrogens (tertiary/aromatic N) is 4. The molecule has 0 aliphatic carbocycles. The summed E-state index contributed by atoms with van der Waals surface area (Å²) >= 11 is 0. The Hall–Kier alpha value is -1.85. The molecule has 19 heavy (non-hydrogen) atoms. The van der Waals surface area contributed by atoms with Gasteiger partial charge in [-0.2, -0.15) is 5.10 Å². The molecule has 1 aromatic rings. The van der Waals surface area contributed by atoms with Crippen LogP contribution in [0.1, 0.15) is 18.1 Å². The van der Waals surface area contributed by atoms with Crippen LogP contribution >= 0.6 is 0 Å². The molecule has 0 unspecified atom stereocenters. The first kappa shape index (κ1) is 13.6. The molecule has 0 N–H and O–H groups in total. The van der Waals surface area contributed by atoms with Crippen molar-refractivity contribution in [3.63, 3.8) is 0 Å². The first-order valence-electron chi connectivity index (χ1n) is 6.59. The van der Waals surface area contributed by atoms with E-state index in [1.807, 2.05) is 13.8 Å². The number of anilines is 1. The molecule has 0 aromatic carbocycles. The minimum absolute atomic E-state index is 0.228. The van der Waals surface area contributed by atoms with E-state index in [0.717, 1.165) is 30.0 Å². The van der Waals surface area contributed by atoms with Crippen molar-refractivity contribution in [2.75, 3.05) is 37.7 Å². The average molecular weight is 264 g/mol. The molecule has 1 fully saturated rings. The standard InChI is InChI=1S/C13H20N4O2/c1-4-19-13(18)17-7-5-16(6-8-17)12-11(3)10(2)9-14-15-12/h9H,4-8H2,1-3H3. The Morgan fingerprint density at radius 1 is 1.32 bits per heavy atom. The van der Waals surface area contributed by atoms with E-state index in [9.17, 15) is 4.79 Å². The van der Waals surface area contributed by atoms with Gasteiger partial charge in [0.1, 0.15) is 0 Å². The molecule has 0 radical (unpaired) electrons. The van der Waals surface area contributed by atoms with Gasteiger partial charge in [0.2, 0.25) is 0 Å². The molecule has 1 aliphatic heterocycles. The molecule has 0 bridgehead atoms. The van der Waals surface area contributed by atoms with Crippen LogP contribution in [0.25, 0.3) is 0 Å². The number of carbonyl (C=O) groups is 1. The van der Waals surface area contributed by atoms with Crippen LogP contribution in [0.3, 0.4) is 0 Å². The summed E-state index contributed by atoms with van der Waals surface area (Å²) in [7, 11) is 0. The van der Waals surface area contributed by atoms with Gasteiger partial charge in [0, 0.05) is 26.2 Å². The van der Waals surface area contributed by atoms with Gasteiger partial charge in [0.15, 0.2) is 5.82 Å². The molecule has 2 rings (SSSR count). The Morgan fingerprint density at radius 3 is 2.63 bits per heavy atom. The number of rotatable bonds is 2. The van der Waals surface area contributed by atoms with E-state index in [1.54, 1.807) is 11.1 Å². The third-order valence-corrected chi connectivity index (χ3v) is 3.44. The highest BCUT2D eigenvalue weighted by atomic mass is 16.6. The topological polar surface area (TPSA) is 58.6 Å². The van der Waals surface area contributed by atoms with E-state index in [0.29, 0.717) is 19.7 Å². The lowest BCUT2D eigenvalue weighted by molar-refractivity contribution is 0.105. The second kappa shape index (κ2) is 5.86. The highest BCUT2D eigenvalue weighted by molar-refractivity contribution is 5.68. The van der Waals surface area contributed by atoms with E-state index in [4.69, 9.17) is 4.74 Å². The minimum Gasteiger partial charge on any atom is -0.450 e. The van der Waals surface area contributed by atoms with Crippen molar-refractivity contribution >= 4 is 11.9 Å². The second-order valence-electron chi connectivity index (χ2n) is 4.65. The molecular formula is C13H20N4O2. The monoisotopic (exact) mass is 264 g/mol. The fourth-order valence-corrected chi connectivity index (χ4v) is 2.13. The Kier molecular flexibility index (Phi) is 4.19. The predicted molar refractivity (Wildman–Crippen MR) is 72.3 cm³/mol. The summed E-state index contributed by atoms with van der Waals surface area (Å²) in [6.07, 6.45) is 1.54. The summed E-state index contributed by atoms with van der Waals surface area (Å²) < 4.78 is 5.01. The van der Waals surface area contributed by atoms with Crippen LogP contribution in [0.5, 0.6) is 0 Å². The number of ether oxygens (including phenoxy) is 1. The first-order chi connectivity index (χ1) is 9.13. The normalized spacial score (nSPS) is 15.5. The summed E-state index contributed by atoms with van der Waals surface area (Å²) in [5.74, 6) is 0.920. The molecule has 2 heterocycles. The molecule has 6 nitrogen and oxygen atoms in total. The molecule has 1 aliphatic rings. The number of aryl methyl sites for hydroxylation is 1. The van der Waals surface area contributed by atoms with Crippen molar-refractivity contribution in [1.82, 2.24) is 15.1 Å². The van der Waals surface area contributed by atoms with Crippen LogP contribution in [-0.2, 0) is 4.74 Å². The zero-order valence-electron chi connectivity index (χ0n) is 11.7. The van der Waals surface area contributed by atoms with Crippen molar-refractivity contribution in [3.05, 3.63) is 17.3 Å². The van der Waals surface area contributed by atoms with Crippen molar-refractivity contribution in [2.24, 2.45) is 0 Å². The average Bonchev–Trinajstić information content (AvgIpc) is 2.42. The number of piperazine rings is 1. The summed E-state index contributed by atoms with van der Waals surface area (Å²) in [6, 6.07) is 0. The largest absolute Gasteiger partial charge is 0.450 e. The van der Waals surface area contributed by atoms with Gasteiger partial charge in [0.25, 0.3) is 0 Å². The van der Waals surface area contributed by atoms with Crippen LogP contribution in [0.15, 0.2) is 6.20 Å². The van der Waals surface area contributed by atoms with Crippen LogP contribution in [0.2, 0.25) is 0 Å². The van der Waals surface area contributed by atoms with Gasteiger partial charge in [0.05, 0.1) is 12.8 Å². The van der Waals surface area contributed by atoms with E-state index in [1.165, 1.54) is 0 Å². The molecule has 6 heteroatoms. The van der Waals surface area contributed by atoms with Crippen molar-refractivity contribution < 1.29 is 9.53 Å². The lowest BCUT2D eigenvalue weighted by Crippen LogP contribution is -2.49. The zero-order chi connectivity index (χ0) is 13.8. The zero-order valence-corrected chi connectivity index (χ0v) is 11.7. The Morgan fingerprint density at radius 2 is 2.00 bits per heavy atom. The molecule has 1 saturated heterocycles. The molecule has 1 amide bonds. The lowest BCUT2D eigenvalue weighted by atomic mass is 10.2. The second-order valence-corrected chi connectivity index (χ2v) is 4.65. The SMILES string of the molecule is CCOC(=O)N1CCN(c2nncc(C)c2C)CC1. The number of amides is 1. The van der Waals surface area contributed by atoms with Gasteiger partial charge < -0.3 is 14.5 Å². The summed E-state index contributed by atoms with van der Waals surface area (Å²) in [4.78, 5) is 15.5. The highest BCUT2D eigenvalue weighted by Gasteiger charge is 2.23. The fraction of sp³-hybridized carbons (Fsp3) is 0.615. The Bertz CT molecular complexity index is 456. The number of carbonyl (C=O) groups excluding carboxylic acids is 1. The van der Waals surface area contributed by atoms with Gasteiger partial charge in [-0.3, -0.25) is 0 Å². The van der Waals surface area contributed by atoms with Gasteiger partial charge in [-0.1, -0.05) is 0 Å². The summed E-state index contributed by atoms with van der Waals surface area (Å²) in [5.41, 5.74) is 2.29. The van der Waals surface area contributed by atoms with Crippen LogP contribution in [0.4, 0.5) is 10.6 Å². The predicted octanol–water partition coefficient (Wildman–Crippen LogP) is 1.37. The summed E-state index contributed by atoms with van der Waals surface area (Å²) in [5, 5.41) is 8.22. The maximum absolute atomic E-state index is 11.6. The van der Waals surface area contributed by atoms with Gasteiger partial charge in [-0.05, 0) is 31.9 Å². The lowest BCUT2D eigenvalue weighted by Gasteiger charge is -2.35. The van der Waals surface area contributed by atoms with Gasteiger partial charge in [-0.15, -0.1) is 5.10 Å². The highest BCUT2D eigenvalue weighted by Crippen LogP contribution is 2.20. The maximum atomic E-state index is 11.6. The van der Waals surface area contributed by atoms with Crippen molar-refractivity contribution in [2.45, 2.75) is 20.8 Å². The van der Waals surface area contributed by atoms with Crippen molar-refractivity contribution in [3.8, 4) is 0 Å². The fourth-order valence-electron chi connectivity index (χ4n) is 2.13. The molecule has 1 aromatic heterocycles. The Labute approximate surface area is 113 Å². The number of aromatic nitrogens is 2. The van der Waals surface area contributed by atoms with Crippen LogP contribution in [0, 0.1) is 13.8 Å². The van der Waals surface area contributed by atoms with Crippen molar-refractivity contribution in [1.29, 1.82) is 0 Å². The smallest absolute Gasteiger partial charge is 0.409 e. The third-order valence-electron chi connectivity index (χ3n) is 3.44. The van der Waals surface area contributed by atoms with Gasteiger partial charge in [-0.25, -0.2) is 4.79 Å². The first-order valence-corrected chi connectivity index (χ1v) is 6.59. The quantitative estimate of drug-likeness (QED) is 0.807. The Balaban J connectivity index is 2.00. The molecular weight excluding hydrogens is 244 g/mol. The molecule has 0 spiro atoms. The van der Waals surface area contributed by atoms with Crippen LogP contribution in [-0.4, -0.2) is 54.0 Å². The van der Waals surface area contributed by atoms with E-state index in [-0.39, 0.29) is 6.09 Å².